The number of esters is 2. The Morgan fingerprint density at radius 1 is 1.15 bits per heavy atom. The molecule has 1 fully saturated rings. The highest BCUT2D eigenvalue weighted by Gasteiger charge is 2.45. The van der Waals surface area contributed by atoms with Crippen LogP contribution < -0.4 is 10.9 Å². The van der Waals surface area contributed by atoms with Crippen LogP contribution in [0.5, 0.6) is 0 Å². The van der Waals surface area contributed by atoms with E-state index in [-0.39, 0.29) is 17.1 Å². The number of aromatic nitrogens is 4. The maximum Gasteiger partial charge on any atom is 0.359 e. The van der Waals surface area contributed by atoms with Gasteiger partial charge in [-0.3, -0.25) is 47.7 Å². The van der Waals surface area contributed by atoms with Crippen molar-refractivity contribution in [3.8, 4) is 0 Å². The number of hydrogen-bond donors (Lipinski definition) is 3. The number of nitrogens with one attached hydrogen (secondary N) is 2. The lowest BCUT2D eigenvalue weighted by molar-refractivity contribution is -0.161. The first-order chi connectivity index (χ1) is 22.1. The topological polar surface area (TPSA) is 219 Å². The molecule has 2 aromatic heterocycles. The van der Waals surface area contributed by atoms with E-state index in [1.807, 2.05) is 0 Å². The summed E-state index contributed by atoms with van der Waals surface area (Å²) in [5.41, 5.74) is -2.82. The second kappa shape index (κ2) is 14.5. The van der Waals surface area contributed by atoms with Gasteiger partial charge in [0.1, 0.15) is 18.3 Å². The lowest BCUT2D eigenvalue weighted by atomic mass is 9.98. The van der Waals surface area contributed by atoms with E-state index in [2.05, 4.69) is 20.3 Å². The van der Waals surface area contributed by atoms with Crippen molar-refractivity contribution in [3.63, 3.8) is 0 Å². The van der Waals surface area contributed by atoms with Gasteiger partial charge in [-0.15, -0.1) is 0 Å². The van der Waals surface area contributed by atoms with Crippen LogP contribution in [0.15, 0.2) is 23.0 Å². The van der Waals surface area contributed by atoms with Gasteiger partial charge in [0.15, 0.2) is 17.4 Å². The van der Waals surface area contributed by atoms with Crippen LogP contribution in [-0.4, -0.2) is 81.5 Å². The molecule has 18 heteroatoms. The second-order valence-electron chi connectivity index (χ2n) is 12.6. The number of anilines is 1. The first-order valence-electron chi connectivity index (χ1n) is 15.2. The third-order valence-corrected chi connectivity index (χ3v) is 7.65. The third kappa shape index (κ3) is 9.08. The van der Waals surface area contributed by atoms with Crippen LogP contribution in [0, 0.1) is 16.7 Å². The molecule has 0 aromatic carbocycles. The first kappa shape index (κ1) is 33.9. The largest absolute Gasteiger partial charge is 0.438 e. The summed E-state index contributed by atoms with van der Waals surface area (Å²) in [5, 5.41) is 13.7. The summed E-state index contributed by atoms with van der Waals surface area (Å²) in [6.45, 7) is 10.8. The number of hydrogen-bond acceptors (Lipinski definition) is 14. The third-order valence-electron chi connectivity index (χ3n) is 6.35. The molecule has 3 rings (SSSR count). The zero-order chi connectivity index (χ0) is 36.4. The molecule has 1 saturated heterocycles. The molecular weight excluding hydrogens is 629 g/mol. The van der Waals surface area contributed by atoms with Crippen molar-refractivity contribution in [2.45, 2.75) is 79.9 Å². The van der Waals surface area contributed by atoms with Crippen molar-refractivity contribution in [2.75, 3.05) is 26.0 Å². The number of H-pyrrole nitrogens is 1. The maximum atomic E-state index is 13.9. The molecule has 4 atom stereocenters. The van der Waals surface area contributed by atoms with Gasteiger partial charge in [-0.2, -0.15) is 4.98 Å². The minimum Gasteiger partial charge on any atom is -0.438 e. The Kier molecular flexibility index (Phi) is 10.7. The van der Waals surface area contributed by atoms with Gasteiger partial charge in [0, 0.05) is 18.8 Å². The van der Waals surface area contributed by atoms with Crippen LogP contribution in [0.25, 0.3) is 11.2 Å². The van der Waals surface area contributed by atoms with Gasteiger partial charge in [-0.25, -0.2) is 4.98 Å². The molecule has 0 aliphatic carbocycles. The number of nitrogens with zero attached hydrogens (tertiary/aromatic N) is 3. The molecule has 0 saturated carbocycles. The number of carbonyl (C=O) groups is 3. The number of amides is 1. The van der Waals surface area contributed by atoms with Crippen molar-refractivity contribution in [2.24, 2.45) is 16.7 Å². The number of fused-ring (bicyclic) bond motifs is 1. The van der Waals surface area contributed by atoms with Gasteiger partial charge >= 0.3 is 19.5 Å². The highest BCUT2D eigenvalue weighted by molar-refractivity contribution is 7.57. The van der Waals surface area contributed by atoms with Gasteiger partial charge < -0.3 is 24.1 Å². The summed E-state index contributed by atoms with van der Waals surface area (Å²) in [4.78, 5) is 60.1. The summed E-state index contributed by atoms with van der Waals surface area (Å²) < 4.78 is 64.1. The molecule has 0 radical (unpaired) electrons. The monoisotopic (exact) mass is 673 g/mol. The van der Waals surface area contributed by atoms with E-state index >= 15 is 0 Å². The Morgan fingerprint density at radius 3 is 2.22 bits per heavy atom. The van der Waals surface area contributed by atoms with Gasteiger partial charge in [0.05, 0.1) is 19.9 Å². The smallest absolute Gasteiger partial charge is 0.359 e. The Labute approximate surface area is 268 Å². The number of aromatic amines is 1. The van der Waals surface area contributed by atoms with Crippen LogP contribution in [0.4, 0.5) is 5.95 Å². The second-order valence-corrected chi connectivity index (χ2v) is 14.4. The minimum absolute atomic E-state index is 0.0713. The molecule has 256 valence electrons. The fraction of sp³-hybridized carbons (Fsp3) is 0.643. The molecular formula is C28H42N5O12P. The molecule has 1 amide bonds. The fourth-order valence-corrected chi connectivity index (χ4v) is 4.53. The molecule has 2 aromatic rings. The van der Waals surface area contributed by atoms with Crippen LogP contribution in [0.3, 0.4) is 0 Å². The molecule has 3 heterocycles. The molecule has 1 aliphatic rings. The van der Waals surface area contributed by atoms with E-state index in [1.165, 1.54) is 18.0 Å². The lowest BCUT2D eigenvalue weighted by Crippen LogP contribution is -2.32. The maximum absolute atomic E-state index is 13.9. The first-order valence-corrected chi connectivity index (χ1v) is 15.7. The van der Waals surface area contributed by atoms with Gasteiger partial charge in [-0.1, -0.05) is 13.8 Å². The Balaban J connectivity index is 1.97. The van der Waals surface area contributed by atoms with Crippen molar-refractivity contribution in [1.82, 2.24) is 19.5 Å². The zero-order valence-corrected chi connectivity index (χ0v) is 28.0. The molecule has 0 bridgehead atoms. The summed E-state index contributed by atoms with van der Waals surface area (Å²) in [6.07, 6.45) is -4.75. The van der Waals surface area contributed by atoms with Gasteiger partial charge in [-0.05, 0) is 47.6 Å². The van der Waals surface area contributed by atoms with Crippen LogP contribution >= 0.6 is 7.60 Å². The average Bonchev–Trinajstić information content (AvgIpc) is 3.55. The number of aliphatic hydroxyl groups is 1. The summed E-state index contributed by atoms with van der Waals surface area (Å²) in [7, 11) is -3.65. The van der Waals surface area contributed by atoms with Crippen molar-refractivity contribution < 1.29 is 54.8 Å². The number of methoxy groups -OCH3 is 1. The predicted octanol–water partition coefficient (Wildman–Crippen LogP) is 2.82. The van der Waals surface area contributed by atoms with E-state index < -0.39 is 97.7 Å². The Morgan fingerprint density at radius 2 is 1.72 bits per heavy atom. The molecule has 0 unspecified atom stereocenters. The van der Waals surface area contributed by atoms with Gasteiger partial charge in [0.25, 0.3) is 5.56 Å². The predicted molar refractivity (Wildman–Crippen MR) is 162 cm³/mol. The fourth-order valence-electron chi connectivity index (χ4n) is 3.66. The average molecular weight is 674 g/mol. The standard InChI is InChI=1S/C28H42N5O12P/c1-15(2)21(35)31-26-30-20-17(22(36)32-26)29-12-33(20)23-19(40-9)18(34)16(45-23)10-11-46(39,43-13-41-24(37)27(3,4)5)44-14-42-25(38)28(6,7)8/h10-12,15-16,18-19,23,34H,13-14H2,1-9H3,(H2,30,31,32,35,36)/b11-10+/t16-,18-,19-,23-/m1/s1/i10D,11D. The highest BCUT2D eigenvalue weighted by atomic mass is 31.2. The number of imidazole rings is 1. The van der Waals surface area contributed by atoms with Crippen LogP contribution in [0.1, 0.15) is 64.4 Å². The van der Waals surface area contributed by atoms with E-state index in [0.717, 1.165) is 0 Å². The summed E-state index contributed by atoms with van der Waals surface area (Å²) in [6, 6.07) is -0.875. The molecule has 46 heavy (non-hydrogen) atoms. The minimum atomic E-state index is -4.89. The van der Waals surface area contributed by atoms with E-state index in [0.29, 0.717) is 0 Å². The highest BCUT2D eigenvalue weighted by Crippen LogP contribution is 2.50. The van der Waals surface area contributed by atoms with E-state index in [1.54, 1.807) is 55.4 Å². The zero-order valence-electron chi connectivity index (χ0n) is 29.1. The number of rotatable bonds is 12. The summed E-state index contributed by atoms with van der Waals surface area (Å²) in [5.74, 6) is -3.60. The number of ether oxygens (including phenoxy) is 4. The van der Waals surface area contributed by atoms with E-state index in [4.69, 9.17) is 30.7 Å². The Bertz CT molecular complexity index is 1630. The van der Waals surface area contributed by atoms with Crippen molar-refractivity contribution >= 4 is 42.6 Å². The summed E-state index contributed by atoms with van der Waals surface area (Å²) >= 11 is 0. The van der Waals surface area contributed by atoms with Crippen molar-refractivity contribution in [3.05, 3.63) is 28.5 Å². The molecule has 3 N–H and O–H groups in total. The molecule has 1 aliphatic heterocycles. The van der Waals surface area contributed by atoms with E-state index in [9.17, 15) is 28.8 Å². The molecule has 0 spiro atoms. The molecule has 17 nitrogen and oxygen atoms in total. The quantitative estimate of drug-likeness (QED) is 0.168. The van der Waals surface area contributed by atoms with Crippen LogP contribution in [-0.2, 0) is 46.9 Å². The van der Waals surface area contributed by atoms with Crippen molar-refractivity contribution in [1.29, 1.82) is 0 Å². The number of carbonyl (C=O) groups excluding carboxylic acids is 3. The van der Waals surface area contributed by atoms with Gasteiger partial charge in [0.2, 0.25) is 25.4 Å². The number of aliphatic hydroxyl groups excluding tert-OH is 1. The normalized spacial score (nSPS) is 21.9. The lowest BCUT2D eigenvalue weighted by Gasteiger charge is -2.20. The SMILES string of the molecule is [2H]/C(=C(/[2H])P(=O)(OCOC(=O)C(C)(C)C)OCOC(=O)C(C)(C)C)[C@H]1O[C@@H](n2cnc3c(=O)[nH]c(NC(=O)C(C)C)nc32)[C@H](OC)[C@@H]1O. The Hall–Kier alpha value is -3.47. The van der Waals surface area contributed by atoms with Crippen LogP contribution in [0.2, 0.25) is 0 Å².